The molecule has 1 atom stereocenters. The predicted molar refractivity (Wildman–Crippen MR) is 116 cm³/mol. The van der Waals surface area contributed by atoms with E-state index in [0.717, 1.165) is 6.07 Å². The van der Waals surface area contributed by atoms with Crippen molar-refractivity contribution in [1.29, 1.82) is 0 Å². The number of Topliss-reactive ketones (excluding diaryl/α,β-unsaturated/α-hetero) is 3. The first-order valence-corrected chi connectivity index (χ1v) is 10.8. The van der Waals surface area contributed by atoms with Crippen LogP contribution >= 0.6 is 0 Å². The number of ketones is 3. The molecule has 0 amide bonds. The molecule has 0 bridgehead atoms. The highest BCUT2D eigenvalue weighted by atomic mass is 16.5. The Morgan fingerprint density at radius 3 is 2.13 bits per heavy atom. The van der Waals surface area contributed by atoms with Crippen molar-refractivity contribution in [2.75, 3.05) is 0 Å². The van der Waals surface area contributed by atoms with Gasteiger partial charge in [-0.25, -0.2) is 0 Å². The summed E-state index contributed by atoms with van der Waals surface area (Å²) in [5.74, 6) is -2.12. The van der Waals surface area contributed by atoms with E-state index in [1.165, 1.54) is 0 Å². The van der Waals surface area contributed by atoms with Gasteiger partial charge in [0.25, 0.3) is 0 Å². The number of rotatable bonds is 4. The summed E-state index contributed by atoms with van der Waals surface area (Å²) in [4.78, 5) is 39.7. The van der Waals surface area contributed by atoms with Crippen LogP contribution in [0.4, 0.5) is 0 Å². The Labute approximate surface area is 183 Å². The molecule has 1 unspecified atom stereocenters. The predicted octanol–water partition coefficient (Wildman–Crippen LogP) is 4.92. The smallest absolute Gasteiger partial charge is 0.175 e. The molecule has 1 heterocycles. The molecule has 0 fully saturated rings. The van der Waals surface area contributed by atoms with Crippen molar-refractivity contribution in [2.45, 2.75) is 67.7 Å². The summed E-state index contributed by atoms with van der Waals surface area (Å²) in [6.45, 7) is 14.1. The Balaban J connectivity index is 2.42. The van der Waals surface area contributed by atoms with E-state index in [0.29, 0.717) is 17.6 Å². The first-order valence-electron chi connectivity index (χ1n) is 10.8. The highest BCUT2D eigenvalue weighted by molar-refractivity contribution is 6.20. The number of aromatic hydroxyl groups is 2. The Kier molecular flexibility index (Phi) is 5.36. The van der Waals surface area contributed by atoms with E-state index < -0.39 is 22.7 Å². The molecule has 1 aromatic carbocycles. The van der Waals surface area contributed by atoms with E-state index in [4.69, 9.17) is 4.74 Å². The fraction of sp³-hybridized carbons (Fsp3) is 0.560. The average Bonchev–Trinajstić information content (AvgIpc) is 2.64. The molecule has 6 heteroatoms. The number of phenolic OH excluding ortho intramolecular Hbond substituents is 2. The van der Waals surface area contributed by atoms with Crippen molar-refractivity contribution in [3.63, 3.8) is 0 Å². The zero-order valence-electron chi connectivity index (χ0n) is 19.5. The lowest BCUT2D eigenvalue weighted by Crippen LogP contribution is -2.51. The van der Waals surface area contributed by atoms with Gasteiger partial charge in [0.15, 0.2) is 17.3 Å². The molecule has 0 aromatic heterocycles. The minimum atomic E-state index is -1.23. The van der Waals surface area contributed by atoms with E-state index in [-0.39, 0.29) is 51.8 Å². The standard InChI is InChI=1S/C25H32O6/c1-11(2)9-13-16-14(26)10-15(27)18(19(28)12(3)4)20(16)31-22-17(13)21(29)24(5,6)23(30)25(22,7)8/h10-13,26-27H,9H2,1-8H3. The fourth-order valence-electron chi connectivity index (χ4n) is 4.83. The van der Waals surface area contributed by atoms with Gasteiger partial charge < -0.3 is 14.9 Å². The largest absolute Gasteiger partial charge is 0.507 e. The molecule has 0 radical (unpaired) electrons. The summed E-state index contributed by atoms with van der Waals surface area (Å²) in [5.41, 5.74) is -1.67. The van der Waals surface area contributed by atoms with Crippen molar-refractivity contribution < 1.29 is 29.3 Å². The maximum absolute atomic E-state index is 13.5. The van der Waals surface area contributed by atoms with Gasteiger partial charge in [-0.3, -0.25) is 14.4 Å². The molecule has 31 heavy (non-hydrogen) atoms. The second-order valence-electron chi connectivity index (χ2n) is 10.5. The van der Waals surface area contributed by atoms with Gasteiger partial charge in [-0.1, -0.05) is 27.7 Å². The molecular weight excluding hydrogens is 396 g/mol. The minimum Gasteiger partial charge on any atom is -0.507 e. The van der Waals surface area contributed by atoms with Crippen LogP contribution in [0, 0.1) is 22.7 Å². The van der Waals surface area contributed by atoms with Crippen LogP contribution in [0.5, 0.6) is 17.2 Å². The Morgan fingerprint density at radius 2 is 1.61 bits per heavy atom. The Morgan fingerprint density at radius 1 is 1.03 bits per heavy atom. The Bertz CT molecular complexity index is 1020. The first-order chi connectivity index (χ1) is 14.1. The summed E-state index contributed by atoms with van der Waals surface area (Å²) >= 11 is 0. The number of ether oxygens (including phenoxy) is 1. The van der Waals surface area contributed by atoms with E-state index in [2.05, 4.69) is 0 Å². The molecule has 0 saturated heterocycles. The molecule has 3 rings (SSSR count). The zero-order valence-corrected chi connectivity index (χ0v) is 19.5. The fourth-order valence-corrected chi connectivity index (χ4v) is 4.83. The molecule has 2 N–H and O–H groups in total. The molecule has 1 aliphatic heterocycles. The number of carbonyl (C=O) groups is 3. The highest BCUT2D eigenvalue weighted by Gasteiger charge is 2.57. The summed E-state index contributed by atoms with van der Waals surface area (Å²) in [5, 5.41) is 21.3. The van der Waals surface area contributed by atoms with Crippen molar-refractivity contribution in [3.8, 4) is 17.2 Å². The van der Waals surface area contributed by atoms with Crippen LogP contribution in [0.15, 0.2) is 17.4 Å². The van der Waals surface area contributed by atoms with Gasteiger partial charge >= 0.3 is 0 Å². The van der Waals surface area contributed by atoms with E-state index in [1.54, 1.807) is 41.5 Å². The van der Waals surface area contributed by atoms with Gasteiger partial charge in [0, 0.05) is 29.0 Å². The number of carbonyl (C=O) groups excluding carboxylic acids is 3. The maximum Gasteiger partial charge on any atom is 0.175 e. The van der Waals surface area contributed by atoms with E-state index >= 15 is 0 Å². The normalized spacial score (nSPS) is 21.8. The maximum atomic E-state index is 13.5. The zero-order chi connectivity index (χ0) is 23.6. The molecule has 1 aliphatic carbocycles. The summed E-state index contributed by atoms with van der Waals surface area (Å²) in [6, 6.07) is 1.14. The topological polar surface area (TPSA) is 101 Å². The van der Waals surface area contributed by atoms with Crippen molar-refractivity contribution in [2.24, 2.45) is 22.7 Å². The van der Waals surface area contributed by atoms with E-state index in [1.807, 2.05) is 13.8 Å². The molecule has 168 valence electrons. The minimum absolute atomic E-state index is 0.0244. The first kappa shape index (κ1) is 23.0. The summed E-state index contributed by atoms with van der Waals surface area (Å²) in [7, 11) is 0. The number of phenols is 2. The third-order valence-corrected chi connectivity index (χ3v) is 6.42. The summed E-state index contributed by atoms with van der Waals surface area (Å²) in [6.07, 6.45) is 0.509. The van der Waals surface area contributed by atoms with Gasteiger partial charge in [-0.15, -0.1) is 0 Å². The second kappa shape index (κ2) is 7.21. The lowest BCUT2D eigenvalue weighted by Gasteiger charge is -2.45. The lowest BCUT2D eigenvalue weighted by atomic mass is 9.59. The summed E-state index contributed by atoms with van der Waals surface area (Å²) < 4.78 is 6.16. The number of benzene rings is 1. The number of allylic oxidation sites excluding steroid dienone is 2. The van der Waals surface area contributed by atoms with Crippen LogP contribution in [0.2, 0.25) is 0 Å². The molecule has 6 nitrogen and oxygen atoms in total. The van der Waals surface area contributed by atoms with Crippen molar-refractivity contribution >= 4 is 17.3 Å². The quantitative estimate of drug-likeness (QED) is 0.522. The van der Waals surface area contributed by atoms with Crippen LogP contribution in [0.3, 0.4) is 0 Å². The Hall–Kier alpha value is -2.63. The van der Waals surface area contributed by atoms with Gasteiger partial charge in [0.1, 0.15) is 28.6 Å². The van der Waals surface area contributed by atoms with Gasteiger partial charge in [-0.2, -0.15) is 0 Å². The van der Waals surface area contributed by atoms with Crippen molar-refractivity contribution in [3.05, 3.63) is 28.5 Å². The average molecular weight is 429 g/mol. The second-order valence-corrected chi connectivity index (χ2v) is 10.5. The van der Waals surface area contributed by atoms with Crippen molar-refractivity contribution in [1.82, 2.24) is 0 Å². The van der Waals surface area contributed by atoms with Gasteiger partial charge in [0.05, 0.1) is 10.8 Å². The molecular formula is C25H32O6. The van der Waals surface area contributed by atoms with Gasteiger partial charge in [0.2, 0.25) is 0 Å². The highest BCUT2D eigenvalue weighted by Crippen LogP contribution is 2.57. The SMILES string of the molecule is CC(C)CC1C2=C(Oc3c(C(=O)C(C)C)c(O)cc(O)c31)C(C)(C)C(=O)C(C)(C)C2=O. The monoisotopic (exact) mass is 428 g/mol. The molecule has 0 spiro atoms. The number of hydrogen-bond acceptors (Lipinski definition) is 6. The van der Waals surface area contributed by atoms with E-state index in [9.17, 15) is 24.6 Å². The van der Waals surface area contributed by atoms with Gasteiger partial charge in [-0.05, 0) is 40.0 Å². The third-order valence-electron chi connectivity index (χ3n) is 6.42. The third kappa shape index (κ3) is 3.27. The number of fused-ring (bicyclic) bond motifs is 1. The molecule has 1 aromatic rings. The van der Waals surface area contributed by atoms with Crippen LogP contribution in [0.1, 0.15) is 83.7 Å². The van der Waals surface area contributed by atoms with Crippen LogP contribution in [-0.2, 0) is 9.59 Å². The lowest BCUT2D eigenvalue weighted by molar-refractivity contribution is -0.144. The van der Waals surface area contributed by atoms with Crippen LogP contribution in [-0.4, -0.2) is 27.6 Å². The van der Waals surface area contributed by atoms with Crippen LogP contribution < -0.4 is 4.74 Å². The van der Waals surface area contributed by atoms with Crippen LogP contribution in [0.25, 0.3) is 0 Å². The molecule has 2 aliphatic rings. The number of hydrogen-bond donors (Lipinski definition) is 2. The molecule has 0 saturated carbocycles.